The Hall–Kier alpha value is -3.35. The number of carbonyl (C=O) groups excluding carboxylic acids is 1. The maximum absolute atomic E-state index is 13.1. The zero-order valence-corrected chi connectivity index (χ0v) is 21.0. The summed E-state index contributed by atoms with van der Waals surface area (Å²) >= 11 is 0. The van der Waals surface area contributed by atoms with Crippen molar-refractivity contribution < 1.29 is 14.8 Å². The molecular weight excluding hydrogens is 430 g/mol. The van der Waals surface area contributed by atoms with Crippen LogP contribution < -0.4 is 4.90 Å². The molecule has 0 bridgehead atoms. The molecule has 0 unspecified atom stereocenters. The lowest BCUT2D eigenvalue weighted by atomic mass is 9.78. The summed E-state index contributed by atoms with van der Waals surface area (Å²) in [6, 6.07) is 10.2. The highest BCUT2D eigenvalue weighted by molar-refractivity contribution is 6.05. The maximum Gasteiger partial charge on any atom is 0.269 e. The van der Waals surface area contributed by atoms with Gasteiger partial charge in [-0.3, -0.25) is 14.9 Å². The van der Waals surface area contributed by atoms with Gasteiger partial charge in [-0.2, -0.15) is 0 Å². The molecule has 1 fully saturated rings. The number of nitrogens with zero attached hydrogens (tertiary/aromatic N) is 3. The SMILES string of the molecule is CC(C)(C)c1cc(C(=O)C=CN2CCN(c3ccc([N+](=O)[O-])cc3)CC2)cc(C(C)(C)C)c1O. The van der Waals surface area contributed by atoms with Crippen LogP contribution in [0.2, 0.25) is 0 Å². The minimum absolute atomic E-state index is 0.0855. The molecule has 1 N–H and O–H groups in total. The number of benzene rings is 2. The Morgan fingerprint density at radius 1 is 0.941 bits per heavy atom. The van der Waals surface area contributed by atoms with E-state index in [1.807, 2.05) is 59.9 Å². The van der Waals surface area contributed by atoms with Crippen LogP contribution in [-0.2, 0) is 10.8 Å². The van der Waals surface area contributed by atoms with Gasteiger partial charge in [-0.15, -0.1) is 0 Å². The zero-order chi connectivity index (χ0) is 25.3. The van der Waals surface area contributed by atoms with Gasteiger partial charge in [0.2, 0.25) is 0 Å². The van der Waals surface area contributed by atoms with Gasteiger partial charge < -0.3 is 14.9 Å². The van der Waals surface area contributed by atoms with Crippen LogP contribution in [0, 0.1) is 10.1 Å². The lowest BCUT2D eigenvalue weighted by Gasteiger charge is -2.35. The number of allylic oxidation sites excluding steroid dienone is 1. The smallest absolute Gasteiger partial charge is 0.269 e. The summed E-state index contributed by atoms with van der Waals surface area (Å²) in [4.78, 5) is 27.8. The molecule has 3 rings (SSSR count). The number of hydrogen-bond acceptors (Lipinski definition) is 6. The van der Waals surface area contributed by atoms with E-state index in [-0.39, 0.29) is 28.1 Å². The van der Waals surface area contributed by atoms with E-state index < -0.39 is 4.92 Å². The molecule has 0 amide bonds. The Morgan fingerprint density at radius 2 is 1.44 bits per heavy atom. The number of non-ortho nitro benzene ring substituents is 1. The van der Waals surface area contributed by atoms with Gasteiger partial charge in [0, 0.05) is 73.0 Å². The number of ketones is 1. The number of rotatable bonds is 5. The molecule has 1 saturated heterocycles. The second-order valence-corrected chi connectivity index (χ2v) is 10.9. The van der Waals surface area contributed by atoms with Gasteiger partial charge in [0.05, 0.1) is 4.92 Å². The zero-order valence-electron chi connectivity index (χ0n) is 21.0. The van der Waals surface area contributed by atoms with Crippen molar-refractivity contribution in [1.82, 2.24) is 4.90 Å². The highest BCUT2D eigenvalue weighted by Crippen LogP contribution is 2.39. The van der Waals surface area contributed by atoms with Crippen molar-refractivity contribution in [3.8, 4) is 5.75 Å². The first-order chi connectivity index (χ1) is 15.8. The monoisotopic (exact) mass is 465 g/mol. The number of piperazine rings is 1. The third-order valence-electron chi connectivity index (χ3n) is 6.19. The molecule has 2 aromatic rings. The van der Waals surface area contributed by atoms with Crippen LogP contribution >= 0.6 is 0 Å². The largest absolute Gasteiger partial charge is 0.507 e. The first-order valence-electron chi connectivity index (χ1n) is 11.6. The van der Waals surface area contributed by atoms with Crippen molar-refractivity contribution in [2.24, 2.45) is 0 Å². The number of nitro groups is 1. The van der Waals surface area contributed by atoms with Gasteiger partial charge >= 0.3 is 0 Å². The highest BCUT2D eigenvalue weighted by Gasteiger charge is 2.27. The molecule has 1 aliphatic heterocycles. The molecule has 0 radical (unpaired) electrons. The Balaban J connectivity index is 1.71. The third-order valence-corrected chi connectivity index (χ3v) is 6.19. The molecule has 1 heterocycles. The molecule has 0 saturated carbocycles. The lowest BCUT2D eigenvalue weighted by molar-refractivity contribution is -0.384. The van der Waals surface area contributed by atoms with Crippen LogP contribution in [0.5, 0.6) is 5.75 Å². The van der Waals surface area contributed by atoms with E-state index in [4.69, 9.17) is 0 Å². The Morgan fingerprint density at radius 3 is 1.88 bits per heavy atom. The molecule has 7 heteroatoms. The highest BCUT2D eigenvalue weighted by atomic mass is 16.6. The number of aromatic hydroxyl groups is 1. The Bertz CT molecular complexity index is 1050. The maximum atomic E-state index is 13.1. The number of phenolic OH excluding ortho intramolecular Hbond substituents is 1. The minimum Gasteiger partial charge on any atom is -0.507 e. The van der Waals surface area contributed by atoms with E-state index in [0.29, 0.717) is 5.56 Å². The topological polar surface area (TPSA) is 86.9 Å². The number of nitro benzene ring substituents is 1. The molecule has 1 aliphatic rings. The summed E-state index contributed by atoms with van der Waals surface area (Å²) in [5.74, 6) is 0.177. The summed E-state index contributed by atoms with van der Waals surface area (Å²) in [6.07, 6.45) is 3.45. The summed E-state index contributed by atoms with van der Waals surface area (Å²) in [6.45, 7) is 15.2. The fourth-order valence-electron chi connectivity index (χ4n) is 4.10. The van der Waals surface area contributed by atoms with Crippen LogP contribution in [0.3, 0.4) is 0 Å². The third kappa shape index (κ3) is 5.76. The summed E-state index contributed by atoms with van der Waals surface area (Å²) in [7, 11) is 0. The quantitative estimate of drug-likeness (QED) is 0.275. The predicted molar refractivity (Wildman–Crippen MR) is 136 cm³/mol. The molecule has 0 atom stereocenters. The van der Waals surface area contributed by atoms with E-state index in [1.54, 1.807) is 18.2 Å². The summed E-state index contributed by atoms with van der Waals surface area (Å²) < 4.78 is 0. The number of phenols is 1. The van der Waals surface area contributed by atoms with Gasteiger partial charge in [-0.25, -0.2) is 0 Å². The van der Waals surface area contributed by atoms with Crippen molar-refractivity contribution in [3.63, 3.8) is 0 Å². The van der Waals surface area contributed by atoms with Crippen LogP contribution in [0.4, 0.5) is 11.4 Å². The molecule has 0 aliphatic carbocycles. The minimum atomic E-state index is -0.396. The van der Waals surface area contributed by atoms with E-state index in [0.717, 1.165) is 43.0 Å². The second-order valence-electron chi connectivity index (χ2n) is 10.9. The van der Waals surface area contributed by atoms with E-state index in [9.17, 15) is 20.0 Å². The lowest BCUT2D eigenvalue weighted by Crippen LogP contribution is -2.44. The summed E-state index contributed by atoms with van der Waals surface area (Å²) in [5.41, 5.74) is 2.58. The normalized spacial score (nSPS) is 15.1. The van der Waals surface area contributed by atoms with Crippen molar-refractivity contribution in [1.29, 1.82) is 0 Å². The summed E-state index contributed by atoms with van der Waals surface area (Å²) in [5, 5.41) is 21.7. The van der Waals surface area contributed by atoms with Gasteiger partial charge in [0.15, 0.2) is 5.78 Å². The molecule has 182 valence electrons. The first kappa shape index (κ1) is 25.3. The first-order valence-corrected chi connectivity index (χ1v) is 11.6. The molecule has 34 heavy (non-hydrogen) atoms. The number of hydrogen-bond donors (Lipinski definition) is 1. The van der Waals surface area contributed by atoms with Crippen molar-refractivity contribution >= 4 is 17.2 Å². The van der Waals surface area contributed by atoms with Gasteiger partial charge in [-0.05, 0) is 35.1 Å². The van der Waals surface area contributed by atoms with E-state index in [2.05, 4.69) is 9.80 Å². The van der Waals surface area contributed by atoms with Gasteiger partial charge in [-0.1, -0.05) is 41.5 Å². The molecule has 0 aromatic heterocycles. The molecule has 2 aromatic carbocycles. The number of carbonyl (C=O) groups is 1. The fourth-order valence-corrected chi connectivity index (χ4v) is 4.10. The van der Waals surface area contributed by atoms with Crippen LogP contribution in [0.1, 0.15) is 63.0 Å². The van der Waals surface area contributed by atoms with Crippen LogP contribution in [0.25, 0.3) is 0 Å². The van der Waals surface area contributed by atoms with Gasteiger partial charge in [0.1, 0.15) is 5.75 Å². The van der Waals surface area contributed by atoms with Crippen LogP contribution in [-0.4, -0.2) is 46.9 Å². The van der Waals surface area contributed by atoms with Crippen molar-refractivity contribution in [2.75, 3.05) is 31.1 Å². The Kier molecular flexibility index (Phi) is 7.05. The van der Waals surface area contributed by atoms with Crippen LogP contribution in [0.15, 0.2) is 48.7 Å². The molecule has 0 spiro atoms. The predicted octanol–water partition coefficient (Wildman–Crippen LogP) is 5.41. The molecular formula is C27H35N3O4. The number of anilines is 1. The standard InChI is InChI=1S/C27H35N3O4/c1-26(2,3)22-17-19(18-23(25(22)32)27(4,5)6)24(31)11-12-28-13-15-29(16-14-28)20-7-9-21(10-8-20)30(33)34/h7-12,17-18,32H,13-16H2,1-6H3. The van der Waals surface area contributed by atoms with E-state index >= 15 is 0 Å². The van der Waals surface area contributed by atoms with Crippen molar-refractivity contribution in [3.05, 3.63) is 75.5 Å². The average Bonchev–Trinajstić information content (AvgIpc) is 2.76. The van der Waals surface area contributed by atoms with Crippen molar-refractivity contribution in [2.45, 2.75) is 52.4 Å². The molecule has 7 nitrogen and oxygen atoms in total. The van der Waals surface area contributed by atoms with E-state index in [1.165, 1.54) is 12.1 Å². The fraction of sp³-hybridized carbons (Fsp3) is 0.444. The second kappa shape index (κ2) is 9.49. The average molecular weight is 466 g/mol. The Labute approximate surface area is 201 Å². The van der Waals surface area contributed by atoms with Gasteiger partial charge in [0.25, 0.3) is 5.69 Å².